The second-order valence-corrected chi connectivity index (χ2v) is 4.85. The molecule has 0 radical (unpaired) electrons. The largest absolute Gasteiger partial charge is 0.469 e. The average Bonchev–Trinajstić information content (AvgIpc) is 2.98. The highest BCUT2D eigenvalue weighted by atomic mass is 16.5. The maximum absolute atomic E-state index is 11.9. The summed E-state index contributed by atoms with van der Waals surface area (Å²) in [6, 6.07) is 9.67. The summed E-state index contributed by atoms with van der Waals surface area (Å²) in [6.07, 6.45) is 2.76. The number of nitrogens with zero attached hydrogens (tertiary/aromatic N) is 1. The van der Waals surface area contributed by atoms with Crippen LogP contribution >= 0.6 is 0 Å². The molecule has 0 bridgehead atoms. The van der Waals surface area contributed by atoms with E-state index in [9.17, 15) is 4.79 Å². The minimum Gasteiger partial charge on any atom is -0.469 e. The van der Waals surface area contributed by atoms with Crippen LogP contribution in [-0.2, 0) is 16.0 Å². The Morgan fingerprint density at radius 2 is 2.26 bits per heavy atom. The Morgan fingerprint density at radius 1 is 1.53 bits per heavy atom. The number of methoxy groups -OCH3 is 1. The van der Waals surface area contributed by atoms with Crippen LogP contribution in [0.4, 0.5) is 0 Å². The van der Waals surface area contributed by atoms with Gasteiger partial charge >= 0.3 is 5.97 Å². The second kappa shape index (κ2) is 6.35. The molecule has 1 aliphatic rings. The van der Waals surface area contributed by atoms with E-state index in [1.54, 1.807) is 12.1 Å². The molecular formula is C15H18N2O2. The first kappa shape index (κ1) is 13.6. The Bertz CT molecular complexity index is 470. The molecule has 0 spiro atoms. The van der Waals surface area contributed by atoms with Crippen molar-refractivity contribution >= 4 is 5.97 Å². The predicted octanol–water partition coefficient (Wildman–Crippen LogP) is 1.64. The van der Waals surface area contributed by atoms with Crippen LogP contribution in [0.25, 0.3) is 0 Å². The molecule has 1 aliphatic heterocycles. The molecule has 1 N–H and O–H groups in total. The first-order valence-corrected chi connectivity index (χ1v) is 6.55. The summed E-state index contributed by atoms with van der Waals surface area (Å²) in [4.78, 5) is 11.9. The summed E-state index contributed by atoms with van der Waals surface area (Å²) in [5.74, 6) is -0.316. The molecule has 0 amide bonds. The lowest BCUT2D eigenvalue weighted by molar-refractivity contribution is -0.146. The Labute approximate surface area is 113 Å². The van der Waals surface area contributed by atoms with Crippen molar-refractivity contribution in [3.8, 4) is 6.07 Å². The van der Waals surface area contributed by atoms with Gasteiger partial charge < -0.3 is 10.1 Å². The van der Waals surface area contributed by atoms with E-state index < -0.39 is 0 Å². The molecule has 1 aromatic carbocycles. The Hall–Kier alpha value is -1.86. The summed E-state index contributed by atoms with van der Waals surface area (Å²) < 4.78 is 4.91. The molecule has 4 heteroatoms. The van der Waals surface area contributed by atoms with Crippen LogP contribution in [0.5, 0.6) is 0 Å². The number of carbonyl (C=O) groups is 1. The Morgan fingerprint density at radius 3 is 2.79 bits per heavy atom. The third-order valence-corrected chi connectivity index (χ3v) is 3.63. The number of hydrogen-bond donors (Lipinski definition) is 1. The van der Waals surface area contributed by atoms with Crippen molar-refractivity contribution in [1.29, 1.82) is 5.26 Å². The van der Waals surface area contributed by atoms with Gasteiger partial charge in [-0.05, 0) is 43.5 Å². The van der Waals surface area contributed by atoms with Gasteiger partial charge in [-0.1, -0.05) is 12.1 Å². The third-order valence-electron chi connectivity index (χ3n) is 3.63. The molecule has 2 unspecified atom stereocenters. The number of nitriles is 1. The van der Waals surface area contributed by atoms with Gasteiger partial charge in [0.25, 0.3) is 0 Å². The van der Waals surface area contributed by atoms with Crippen molar-refractivity contribution in [2.75, 3.05) is 13.7 Å². The van der Waals surface area contributed by atoms with Crippen LogP contribution in [0, 0.1) is 17.2 Å². The van der Waals surface area contributed by atoms with Gasteiger partial charge in [-0.15, -0.1) is 0 Å². The van der Waals surface area contributed by atoms with E-state index in [1.165, 1.54) is 7.11 Å². The number of rotatable bonds is 4. The zero-order chi connectivity index (χ0) is 13.7. The normalized spacial score (nSPS) is 19.7. The van der Waals surface area contributed by atoms with Crippen molar-refractivity contribution < 1.29 is 9.53 Å². The fraction of sp³-hybridized carbons (Fsp3) is 0.467. The van der Waals surface area contributed by atoms with E-state index in [2.05, 4.69) is 11.4 Å². The summed E-state index contributed by atoms with van der Waals surface area (Å²) >= 11 is 0. The van der Waals surface area contributed by atoms with Crippen LogP contribution in [0.2, 0.25) is 0 Å². The topological polar surface area (TPSA) is 62.1 Å². The molecule has 2 atom stereocenters. The molecule has 0 saturated carbocycles. The smallest absolute Gasteiger partial charge is 0.310 e. The van der Waals surface area contributed by atoms with E-state index in [0.29, 0.717) is 12.0 Å². The van der Waals surface area contributed by atoms with Crippen molar-refractivity contribution in [3.63, 3.8) is 0 Å². The lowest BCUT2D eigenvalue weighted by Crippen LogP contribution is -2.37. The standard InChI is InChI=1S/C15H18N2O2/c1-19-15(18)13(14-3-2-8-17-14)9-11-4-6-12(10-16)7-5-11/h4-7,13-14,17H,2-3,8-9H2,1H3. The minimum atomic E-state index is -0.163. The van der Waals surface area contributed by atoms with Crippen molar-refractivity contribution in [2.24, 2.45) is 5.92 Å². The van der Waals surface area contributed by atoms with Crippen molar-refractivity contribution in [3.05, 3.63) is 35.4 Å². The van der Waals surface area contributed by atoms with Crippen molar-refractivity contribution in [1.82, 2.24) is 5.32 Å². The number of hydrogen-bond acceptors (Lipinski definition) is 4. The fourth-order valence-electron chi connectivity index (χ4n) is 2.57. The molecule has 100 valence electrons. The molecule has 4 nitrogen and oxygen atoms in total. The second-order valence-electron chi connectivity index (χ2n) is 4.85. The number of esters is 1. The molecule has 1 aromatic rings. The Balaban J connectivity index is 2.10. The third kappa shape index (κ3) is 3.33. The number of ether oxygens (including phenoxy) is 1. The van der Waals surface area contributed by atoms with Gasteiger partial charge in [-0.25, -0.2) is 0 Å². The van der Waals surface area contributed by atoms with Crippen LogP contribution in [0.15, 0.2) is 24.3 Å². The Kier molecular flexibility index (Phi) is 4.53. The van der Waals surface area contributed by atoms with E-state index in [-0.39, 0.29) is 17.9 Å². The summed E-state index contributed by atoms with van der Waals surface area (Å²) in [6.45, 7) is 0.964. The van der Waals surface area contributed by atoms with E-state index >= 15 is 0 Å². The van der Waals surface area contributed by atoms with Crippen LogP contribution in [0.1, 0.15) is 24.0 Å². The monoisotopic (exact) mass is 258 g/mol. The number of nitrogens with one attached hydrogen (secondary N) is 1. The van der Waals surface area contributed by atoms with E-state index in [4.69, 9.17) is 10.00 Å². The first-order chi connectivity index (χ1) is 9.24. The highest BCUT2D eigenvalue weighted by molar-refractivity contribution is 5.73. The molecular weight excluding hydrogens is 240 g/mol. The van der Waals surface area contributed by atoms with Gasteiger partial charge in [0.15, 0.2) is 0 Å². The van der Waals surface area contributed by atoms with Gasteiger partial charge in [-0.2, -0.15) is 5.26 Å². The van der Waals surface area contributed by atoms with Gasteiger partial charge in [0, 0.05) is 6.04 Å². The van der Waals surface area contributed by atoms with Crippen LogP contribution < -0.4 is 5.32 Å². The quantitative estimate of drug-likeness (QED) is 0.834. The van der Waals surface area contributed by atoms with Gasteiger partial charge in [0.05, 0.1) is 24.7 Å². The maximum Gasteiger partial charge on any atom is 0.310 e. The molecule has 1 fully saturated rings. The lowest BCUT2D eigenvalue weighted by Gasteiger charge is -2.21. The fourth-order valence-corrected chi connectivity index (χ4v) is 2.57. The number of benzene rings is 1. The van der Waals surface area contributed by atoms with Gasteiger partial charge in [0.1, 0.15) is 0 Å². The number of carbonyl (C=O) groups excluding carboxylic acids is 1. The van der Waals surface area contributed by atoms with Gasteiger partial charge in [0.2, 0.25) is 0 Å². The molecule has 19 heavy (non-hydrogen) atoms. The average molecular weight is 258 g/mol. The van der Waals surface area contributed by atoms with Crippen LogP contribution in [-0.4, -0.2) is 25.7 Å². The summed E-state index contributed by atoms with van der Waals surface area (Å²) in [5.41, 5.74) is 1.69. The predicted molar refractivity (Wildman–Crippen MR) is 71.4 cm³/mol. The van der Waals surface area contributed by atoms with Gasteiger partial charge in [-0.3, -0.25) is 4.79 Å². The summed E-state index contributed by atoms with van der Waals surface area (Å²) in [5, 5.41) is 12.1. The SMILES string of the molecule is COC(=O)C(Cc1ccc(C#N)cc1)C1CCCN1. The zero-order valence-electron chi connectivity index (χ0n) is 11.1. The molecule has 0 aromatic heterocycles. The van der Waals surface area contributed by atoms with Crippen molar-refractivity contribution in [2.45, 2.75) is 25.3 Å². The highest BCUT2D eigenvalue weighted by Crippen LogP contribution is 2.21. The summed E-state index contributed by atoms with van der Waals surface area (Å²) in [7, 11) is 1.43. The molecule has 0 aliphatic carbocycles. The lowest BCUT2D eigenvalue weighted by atomic mass is 9.91. The first-order valence-electron chi connectivity index (χ1n) is 6.55. The zero-order valence-corrected chi connectivity index (χ0v) is 11.1. The molecule has 1 heterocycles. The molecule has 2 rings (SSSR count). The van der Waals surface area contributed by atoms with E-state index in [0.717, 1.165) is 24.9 Å². The molecule has 1 saturated heterocycles. The van der Waals surface area contributed by atoms with E-state index in [1.807, 2.05) is 12.1 Å². The van der Waals surface area contributed by atoms with Crippen LogP contribution in [0.3, 0.4) is 0 Å². The maximum atomic E-state index is 11.9. The highest BCUT2D eigenvalue weighted by Gasteiger charge is 2.31. The minimum absolute atomic E-state index is 0.152.